The van der Waals surface area contributed by atoms with Crippen molar-refractivity contribution in [3.63, 3.8) is 0 Å². The van der Waals surface area contributed by atoms with Crippen LogP contribution < -0.4 is 10.0 Å². The van der Waals surface area contributed by atoms with E-state index < -0.39 is 10.0 Å². The van der Waals surface area contributed by atoms with Gasteiger partial charge >= 0.3 is 0 Å². The maximum Gasteiger partial charge on any atom is 0.224 e. The van der Waals surface area contributed by atoms with E-state index in [1.54, 1.807) is 0 Å². The fourth-order valence-electron chi connectivity index (χ4n) is 2.53. The minimum atomic E-state index is -3.26. The lowest BCUT2D eigenvalue weighted by atomic mass is 10.00. The Morgan fingerprint density at radius 1 is 1.13 bits per heavy atom. The summed E-state index contributed by atoms with van der Waals surface area (Å²) in [4.78, 5) is 24.0. The smallest absolute Gasteiger partial charge is 0.224 e. The first-order valence-corrected chi connectivity index (χ1v) is 9.28. The fraction of sp³-hybridized carbons (Fsp3) is 0.375. The number of rotatable bonds is 7. The van der Waals surface area contributed by atoms with E-state index in [0.29, 0.717) is 18.4 Å². The molecule has 0 bridgehead atoms. The molecule has 0 spiro atoms. The number of benzene rings is 1. The third kappa shape index (κ3) is 5.30. The standard InChI is InChI=1S/C16H20N2O4S/c1-23(21,22)18-10-9-17-16(20)11-14-13(7-8-15(14)19)12-5-3-2-4-6-12/h2-6,18H,7-11H2,1H3,(H,17,20). The van der Waals surface area contributed by atoms with Crippen molar-refractivity contribution in [3.8, 4) is 0 Å². The van der Waals surface area contributed by atoms with Crippen molar-refractivity contribution in [2.45, 2.75) is 19.3 Å². The van der Waals surface area contributed by atoms with Crippen LogP contribution in [0.15, 0.2) is 35.9 Å². The van der Waals surface area contributed by atoms with Gasteiger partial charge in [-0.05, 0) is 17.6 Å². The minimum Gasteiger partial charge on any atom is -0.354 e. The van der Waals surface area contributed by atoms with Crippen molar-refractivity contribution in [2.24, 2.45) is 0 Å². The molecule has 0 saturated heterocycles. The second-order valence-electron chi connectivity index (χ2n) is 5.44. The quantitative estimate of drug-likeness (QED) is 0.722. The molecule has 0 saturated carbocycles. The molecular weight excluding hydrogens is 316 g/mol. The number of Topliss-reactive ketones (excluding diaryl/α,β-unsaturated/α-hetero) is 1. The van der Waals surface area contributed by atoms with Gasteiger partial charge in [-0.25, -0.2) is 13.1 Å². The van der Waals surface area contributed by atoms with Crippen LogP contribution in [0.4, 0.5) is 0 Å². The van der Waals surface area contributed by atoms with Crippen LogP contribution in [0.5, 0.6) is 0 Å². The van der Waals surface area contributed by atoms with E-state index >= 15 is 0 Å². The van der Waals surface area contributed by atoms with E-state index in [0.717, 1.165) is 17.4 Å². The molecule has 0 atom stereocenters. The molecule has 0 aliphatic heterocycles. The van der Waals surface area contributed by atoms with Crippen molar-refractivity contribution in [3.05, 3.63) is 41.5 Å². The lowest BCUT2D eigenvalue weighted by Gasteiger charge is -2.08. The predicted octanol–water partition coefficient (Wildman–Crippen LogP) is 0.859. The van der Waals surface area contributed by atoms with Crippen LogP contribution in [0.3, 0.4) is 0 Å². The first-order valence-electron chi connectivity index (χ1n) is 7.39. The number of amides is 1. The van der Waals surface area contributed by atoms with Crippen molar-refractivity contribution in [2.75, 3.05) is 19.3 Å². The molecule has 0 radical (unpaired) electrons. The molecule has 1 aromatic rings. The van der Waals surface area contributed by atoms with Gasteiger partial charge in [-0.1, -0.05) is 30.3 Å². The summed E-state index contributed by atoms with van der Waals surface area (Å²) in [6, 6.07) is 9.57. The number of carbonyl (C=O) groups excluding carboxylic acids is 2. The Bertz CT molecular complexity index is 724. The summed E-state index contributed by atoms with van der Waals surface area (Å²) in [5.41, 5.74) is 2.46. The highest BCUT2D eigenvalue weighted by Gasteiger charge is 2.25. The van der Waals surface area contributed by atoms with Crippen LogP contribution in [0.1, 0.15) is 24.8 Å². The van der Waals surface area contributed by atoms with Gasteiger partial charge in [-0.3, -0.25) is 9.59 Å². The zero-order chi connectivity index (χ0) is 16.9. The first-order chi connectivity index (χ1) is 10.9. The second kappa shape index (κ2) is 7.52. The third-order valence-electron chi connectivity index (χ3n) is 3.57. The Morgan fingerprint density at radius 3 is 2.48 bits per heavy atom. The molecular formula is C16H20N2O4S. The molecule has 1 aromatic carbocycles. The number of nitrogens with one attached hydrogen (secondary N) is 2. The molecule has 124 valence electrons. The monoisotopic (exact) mass is 336 g/mol. The van der Waals surface area contributed by atoms with Gasteiger partial charge in [0.1, 0.15) is 0 Å². The van der Waals surface area contributed by atoms with Crippen molar-refractivity contribution < 1.29 is 18.0 Å². The summed E-state index contributed by atoms with van der Waals surface area (Å²) >= 11 is 0. The highest BCUT2D eigenvalue weighted by Crippen LogP contribution is 2.33. The summed E-state index contributed by atoms with van der Waals surface area (Å²) in [7, 11) is -3.26. The van der Waals surface area contributed by atoms with E-state index in [9.17, 15) is 18.0 Å². The molecule has 0 heterocycles. The van der Waals surface area contributed by atoms with Gasteiger partial charge in [-0.15, -0.1) is 0 Å². The Balaban J connectivity index is 1.96. The van der Waals surface area contributed by atoms with Crippen LogP contribution in [0, 0.1) is 0 Å². The second-order valence-corrected chi connectivity index (χ2v) is 7.27. The summed E-state index contributed by atoms with van der Waals surface area (Å²) in [6.45, 7) is 0.317. The van der Waals surface area contributed by atoms with Gasteiger partial charge in [-0.2, -0.15) is 0 Å². The summed E-state index contributed by atoms with van der Waals surface area (Å²) in [5.74, 6) is -0.271. The minimum absolute atomic E-state index is 0.00765. The lowest BCUT2D eigenvalue weighted by molar-refractivity contribution is -0.122. The Labute approximate surface area is 136 Å². The maximum absolute atomic E-state index is 12.0. The SMILES string of the molecule is CS(=O)(=O)NCCNC(=O)CC1=C(c2ccccc2)CCC1=O. The van der Waals surface area contributed by atoms with Crippen LogP contribution in [0.2, 0.25) is 0 Å². The normalized spacial score (nSPS) is 15.1. The highest BCUT2D eigenvalue weighted by molar-refractivity contribution is 7.88. The maximum atomic E-state index is 12.0. The van der Waals surface area contributed by atoms with E-state index in [1.807, 2.05) is 30.3 Å². The van der Waals surface area contributed by atoms with Gasteiger partial charge in [0.15, 0.2) is 5.78 Å². The van der Waals surface area contributed by atoms with Gasteiger partial charge < -0.3 is 5.32 Å². The zero-order valence-electron chi connectivity index (χ0n) is 13.0. The fourth-order valence-corrected chi connectivity index (χ4v) is 3.01. The zero-order valence-corrected chi connectivity index (χ0v) is 13.8. The van der Waals surface area contributed by atoms with Crippen LogP contribution in [-0.2, 0) is 19.6 Å². The number of allylic oxidation sites excluding steroid dienone is 1. The van der Waals surface area contributed by atoms with E-state index in [2.05, 4.69) is 10.0 Å². The molecule has 0 fully saturated rings. The molecule has 1 amide bonds. The van der Waals surface area contributed by atoms with Crippen LogP contribution in [-0.4, -0.2) is 39.5 Å². The molecule has 1 aliphatic rings. The third-order valence-corrected chi connectivity index (χ3v) is 4.30. The summed E-state index contributed by atoms with van der Waals surface area (Å²) in [6.07, 6.45) is 2.18. The highest BCUT2D eigenvalue weighted by atomic mass is 32.2. The number of ketones is 1. The van der Waals surface area contributed by atoms with Gasteiger partial charge in [0.25, 0.3) is 0 Å². The predicted molar refractivity (Wildman–Crippen MR) is 88.1 cm³/mol. The molecule has 2 rings (SSSR count). The Kier molecular flexibility index (Phi) is 5.68. The molecule has 2 N–H and O–H groups in total. The average Bonchev–Trinajstić information content (AvgIpc) is 2.85. The van der Waals surface area contributed by atoms with Gasteiger partial charge in [0.2, 0.25) is 15.9 Å². The largest absolute Gasteiger partial charge is 0.354 e. The van der Waals surface area contributed by atoms with E-state index in [4.69, 9.17) is 0 Å². The molecule has 6 nitrogen and oxygen atoms in total. The van der Waals surface area contributed by atoms with E-state index in [-0.39, 0.29) is 31.2 Å². The molecule has 0 unspecified atom stereocenters. The Morgan fingerprint density at radius 2 is 1.83 bits per heavy atom. The topological polar surface area (TPSA) is 92.3 Å². The summed E-state index contributed by atoms with van der Waals surface area (Å²) in [5, 5.41) is 2.62. The number of hydrogen-bond donors (Lipinski definition) is 2. The van der Waals surface area contributed by atoms with Crippen molar-refractivity contribution in [1.29, 1.82) is 0 Å². The van der Waals surface area contributed by atoms with Crippen LogP contribution >= 0.6 is 0 Å². The van der Waals surface area contributed by atoms with Gasteiger partial charge in [0.05, 0.1) is 12.7 Å². The average molecular weight is 336 g/mol. The number of sulfonamides is 1. The van der Waals surface area contributed by atoms with Crippen molar-refractivity contribution in [1.82, 2.24) is 10.0 Å². The van der Waals surface area contributed by atoms with Crippen molar-refractivity contribution >= 4 is 27.3 Å². The number of hydrogen-bond acceptors (Lipinski definition) is 4. The lowest BCUT2D eigenvalue weighted by Crippen LogP contribution is -2.34. The molecule has 7 heteroatoms. The van der Waals surface area contributed by atoms with Crippen LogP contribution in [0.25, 0.3) is 5.57 Å². The first kappa shape index (κ1) is 17.4. The van der Waals surface area contributed by atoms with Gasteiger partial charge in [0, 0.05) is 25.1 Å². The Hall–Kier alpha value is -1.99. The molecule has 0 aromatic heterocycles. The molecule has 23 heavy (non-hydrogen) atoms. The summed E-state index contributed by atoms with van der Waals surface area (Å²) < 4.78 is 24.1. The molecule has 1 aliphatic carbocycles. The number of carbonyl (C=O) groups is 2. The van der Waals surface area contributed by atoms with E-state index in [1.165, 1.54) is 0 Å².